The van der Waals surface area contributed by atoms with Crippen molar-refractivity contribution in [3.05, 3.63) is 0 Å². The summed E-state index contributed by atoms with van der Waals surface area (Å²) in [7, 11) is 1.75. The summed E-state index contributed by atoms with van der Waals surface area (Å²) in [6, 6.07) is 0.304. The van der Waals surface area contributed by atoms with E-state index in [2.05, 4.69) is 19.2 Å². The summed E-state index contributed by atoms with van der Waals surface area (Å²) in [4.78, 5) is 14.1. The van der Waals surface area contributed by atoms with Crippen LogP contribution in [-0.2, 0) is 9.47 Å². The molecule has 0 spiro atoms. The first-order valence-electron chi connectivity index (χ1n) is 8.40. The standard InChI is InChI=1S/C17H34N2O3/c1-16(2,3)22-15(20)19-13-7-8-14(19)9-11-18-12-10-17(4,5)21-6/h14,18H,7-13H2,1-6H3. The Bertz CT molecular complexity index is 350. The average molecular weight is 314 g/mol. The van der Waals surface area contributed by atoms with Crippen LogP contribution in [0, 0.1) is 0 Å². The molecule has 1 fully saturated rings. The van der Waals surface area contributed by atoms with Crippen LogP contribution in [0.2, 0.25) is 0 Å². The zero-order valence-corrected chi connectivity index (χ0v) is 15.2. The fraction of sp³-hybridized carbons (Fsp3) is 0.941. The van der Waals surface area contributed by atoms with Crippen molar-refractivity contribution in [2.75, 3.05) is 26.7 Å². The number of carbonyl (C=O) groups is 1. The van der Waals surface area contributed by atoms with Gasteiger partial charge in [-0.25, -0.2) is 4.79 Å². The van der Waals surface area contributed by atoms with E-state index < -0.39 is 5.60 Å². The van der Waals surface area contributed by atoms with E-state index in [0.29, 0.717) is 6.04 Å². The van der Waals surface area contributed by atoms with Gasteiger partial charge in [0.1, 0.15) is 5.60 Å². The van der Waals surface area contributed by atoms with Crippen LogP contribution >= 0.6 is 0 Å². The molecule has 5 heteroatoms. The van der Waals surface area contributed by atoms with Crippen LogP contribution in [0.15, 0.2) is 0 Å². The number of nitrogens with zero attached hydrogens (tertiary/aromatic N) is 1. The fourth-order valence-electron chi connectivity index (χ4n) is 2.58. The van der Waals surface area contributed by atoms with Gasteiger partial charge in [-0.05, 0) is 73.4 Å². The van der Waals surface area contributed by atoms with Gasteiger partial charge in [0.05, 0.1) is 5.60 Å². The van der Waals surface area contributed by atoms with Crippen molar-refractivity contribution in [2.45, 2.75) is 77.5 Å². The summed E-state index contributed by atoms with van der Waals surface area (Å²) >= 11 is 0. The predicted octanol–water partition coefficient (Wildman–Crippen LogP) is 3.18. The Morgan fingerprint density at radius 3 is 2.50 bits per heavy atom. The lowest BCUT2D eigenvalue weighted by Gasteiger charge is -2.29. The molecular weight excluding hydrogens is 280 g/mol. The Hall–Kier alpha value is -0.810. The quantitative estimate of drug-likeness (QED) is 0.733. The van der Waals surface area contributed by atoms with Crippen LogP contribution in [0.5, 0.6) is 0 Å². The molecule has 0 aromatic rings. The molecule has 0 saturated carbocycles. The van der Waals surface area contributed by atoms with Gasteiger partial charge in [-0.3, -0.25) is 0 Å². The van der Waals surface area contributed by atoms with E-state index in [1.807, 2.05) is 25.7 Å². The summed E-state index contributed by atoms with van der Waals surface area (Å²) in [5.41, 5.74) is -0.503. The highest BCUT2D eigenvalue weighted by molar-refractivity contribution is 5.68. The first-order chi connectivity index (χ1) is 10.1. The van der Waals surface area contributed by atoms with Crippen molar-refractivity contribution in [3.8, 4) is 0 Å². The third kappa shape index (κ3) is 6.97. The number of hydrogen-bond acceptors (Lipinski definition) is 4. The van der Waals surface area contributed by atoms with E-state index in [1.54, 1.807) is 7.11 Å². The van der Waals surface area contributed by atoms with Gasteiger partial charge in [-0.15, -0.1) is 0 Å². The van der Waals surface area contributed by atoms with Crippen LogP contribution in [0.3, 0.4) is 0 Å². The lowest BCUT2D eigenvalue weighted by Crippen LogP contribution is -2.41. The van der Waals surface area contributed by atoms with Gasteiger partial charge in [0, 0.05) is 19.7 Å². The van der Waals surface area contributed by atoms with Gasteiger partial charge in [0.25, 0.3) is 0 Å². The van der Waals surface area contributed by atoms with Gasteiger partial charge in [0.2, 0.25) is 0 Å². The van der Waals surface area contributed by atoms with E-state index >= 15 is 0 Å². The minimum absolute atomic E-state index is 0.0804. The number of ether oxygens (including phenoxy) is 2. The van der Waals surface area contributed by atoms with Crippen LogP contribution in [0.4, 0.5) is 4.79 Å². The minimum atomic E-state index is -0.422. The Morgan fingerprint density at radius 1 is 1.23 bits per heavy atom. The molecule has 1 atom stereocenters. The maximum Gasteiger partial charge on any atom is 0.410 e. The summed E-state index contributed by atoms with van der Waals surface area (Å²) < 4.78 is 10.9. The molecule has 0 bridgehead atoms. The summed E-state index contributed by atoms with van der Waals surface area (Å²) in [5.74, 6) is 0. The number of likely N-dealkylation sites (tertiary alicyclic amines) is 1. The van der Waals surface area contributed by atoms with Gasteiger partial charge in [-0.1, -0.05) is 0 Å². The van der Waals surface area contributed by atoms with Crippen molar-refractivity contribution in [1.29, 1.82) is 0 Å². The average Bonchev–Trinajstić information content (AvgIpc) is 2.85. The molecule has 130 valence electrons. The molecule has 1 heterocycles. The Kier molecular flexibility index (Phi) is 7.13. The minimum Gasteiger partial charge on any atom is -0.444 e. The van der Waals surface area contributed by atoms with E-state index in [0.717, 1.165) is 45.3 Å². The van der Waals surface area contributed by atoms with Crippen molar-refractivity contribution < 1.29 is 14.3 Å². The fourth-order valence-corrected chi connectivity index (χ4v) is 2.58. The molecule has 0 aliphatic carbocycles. The number of methoxy groups -OCH3 is 1. The molecule has 5 nitrogen and oxygen atoms in total. The number of hydrogen-bond donors (Lipinski definition) is 1. The summed E-state index contributed by atoms with van der Waals surface area (Å²) in [6.45, 7) is 12.6. The molecular formula is C17H34N2O3. The number of rotatable bonds is 7. The molecule has 0 radical (unpaired) electrons. The zero-order valence-electron chi connectivity index (χ0n) is 15.2. The van der Waals surface area contributed by atoms with Crippen LogP contribution in [0.1, 0.15) is 60.3 Å². The molecule has 0 aromatic heterocycles. The predicted molar refractivity (Wildman–Crippen MR) is 89.2 cm³/mol. The normalized spacial score (nSPS) is 19.5. The first kappa shape index (κ1) is 19.2. The van der Waals surface area contributed by atoms with Gasteiger partial charge >= 0.3 is 6.09 Å². The molecule has 1 amide bonds. The SMILES string of the molecule is COC(C)(C)CCNCCC1CCCN1C(=O)OC(C)(C)C. The van der Waals surface area contributed by atoms with Gasteiger partial charge in [0.15, 0.2) is 0 Å². The maximum absolute atomic E-state index is 12.2. The number of carbonyl (C=O) groups excluding carboxylic acids is 1. The number of amides is 1. The van der Waals surface area contributed by atoms with E-state index in [4.69, 9.17) is 9.47 Å². The van der Waals surface area contributed by atoms with Crippen LogP contribution in [0.25, 0.3) is 0 Å². The first-order valence-corrected chi connectivity index (χ1v) is 8.40. The molecule has 22 heavy (non-hydrogen) atoms. The Morgan fingerprint density at radius 2 is 1.91 bits per heavy atom. The molecule has 1 unspecified atom stereocenters. The highest BCUT2D eigenvalue weighted by atomic mass is 16.6. The molecule has 1 aliphatic rings. The van der Waals surface area contributed by atoms with E-state index in [1.165, 1.54) is 0 Å². The molecule has 1 rings (SSSR count). The highest BCUT2D eigenvalue weighted by Crippen LogP contribution is 2.22. The third-order valence-corrected chi connectivity index (χ3v) is 4.12. The van der Waals surface area contributed by atoms with Crippen molar-refractivity contribution in [2.24, 2.45) is 0 Å². The second-order valence-corrected chi connectivity index (χ2v) is 7.72. The third-order valence-electron chi connectivity index (χ3n) is 4.12. The van der Waals surface area contributed by atoms with Gasteiger partial charge < -0.3 is 19.7 Å². The largest absolute Gasteiger partial charge is 0.444 e. The summed E-state index contributed by atoms with van der Waals surface area (Å²) in [6.07, 6.45) is 3.93. The lowest BCUT2D eigenvalue weighted by molar-refractivity contribution is 0.0157. The second kappa shape index (κ2) is 8.16. The van der Waals surface area contributed by atoms with Crippen molar-refractivity contribution >= 4 is 6.09 Å². The Labute approximate surface area is 135 Å². The van der Waals surface area contributed by atoms with Crippen molar-refractivity contribution in [1.82, 2.24) is 10.2 Å². The van der Waals surface area contributed by atoms with Gasteiger partial charge in [-0.2, -0.15) is 0 Å². The maximum atomic E-state index is 12.2. The molecule has 0 aromatic carbocycles. The second-order valence-electron chi connectivity index (χ2n) is 7.72. The monoisotopic (exact) mass is 314 g/mol. The van der Waals surface area contributed by atoms with E-state index in [9.17, 15) is 4.79 Å². The van der Waals surface area contributed by atoms with Crippen LogP contribution in [-0.4, -0.2) is 55.0 Å². The number of nitrogens with one attached hydrogen (secondary N) is 1. The van der Waals surface area contributed by atoms with Crippen LogP contribution < -0.4 is 5.32 Å². The molecule has 1 aliphatic heterocycles. The smallest absolute Gasteiger partial charge is 0.410 e. The summed E-state index contributed by atoms with van der Waals surface area (Å²) in [5, 5.41) is 3.45. The molecule has 1 N–H and O–H groups in total. The lowest BCUT2D eigenvalue weighted by atomic mass is 10.1. The van der Waals surface area contributed by atoms with Crippen molar-refractivity contribution in [3.63, 3.8) is 0 Å². The van der Waals surface area contributed by atoms with E-state index in [-0.39, 0.29) is 11.7 Å². The molecule has 1 saturated heterocycles. The zero-order chi connectivity index (χ0) is 16.8. The Balaban J connectivity index is 2.28. The highest BCUT2D eigenvalue weighted by Gasteiger charge is 2.31. The topological polar surface area (TPSA) is 50.8 Å².